The second-order valence-corrected chi connectivity index (χ2v) is 5.63. The van der Waals surface area contributed by atoms with Gasteiger partial charge in [-0.2, -0.15) is 0 Å². The van der Waals surface area contributed by atoms with Crippen molar-refractivity contribution in [1.29, 1.82) is 0 Å². The average Bonchev–Trinajstić information content (AvgIpc) is 3.15. The monoisotopic (exact) mass is 328 g/mol. The van der Waals surface area contributed by atoms with Crippen LogP contribution in [0, 0.1) is 10.1 Å². The van der Waals surface area contributed by atoms with Crippen molar-refractivity contribution in [1.82, 2.24) is 9.55 Å². The van der Waals surface area contributed by atoms with Crippen LogP contribution in [0.1, 0.15) is 10.4 Å². The van der Waals surface area contributed by atoms with E-state index < -0.39 is 10.8 Å². The molecule has 8 heteroatoms. The number of anilines is 1. The van der Waals surface area contributed by atoms with Crippen LogP contribution < -0.4 is 5.32 Å². The smallest absolute Gasteiger partial charge is 0.282 e. The Morgan fingerprint density at radius 3 is 2.78 bits per heavy atom. The Morgan fingerprint density at radius 1 is 1.30 bits per heavy atom. The lowest BCUT2D eigenvalue weighted by Crippen LogP contribution is -2.13. The van der Waals surface area contributed by atoms with Crippen molar-refractivity contribution in [3.63, 3.8) is 0 Å². The third kappa shape index (κ3) is 2.97. The highest BCUT2D eigenvalue weighted by atomic mass is 32.1. The number of para-hydroxylation sites is 1. The van der Waals surface area contributed by atoms with Gasteiger partial charge in [-0.05, 0) is 18.2 Å². The Kier molecular flexibility index (Phi) is 3.90. The maximum atomic E-state index is 12.2. The molecule has 0 bridgehead atoms. The van der Waals surface area contributed by atoms with Gasteiger partial charge in [0.15, 0.2) is 5.13 Å². The molecule has 0 aliphatic carbocycles. The molecular weight excluding hydrogens is 316 g/mol. The van der Waals surface area contributed by atoms with Crippen molar-refractivity contribution in [2.75, 3.05) is 5.32 Å². The number of hydrogen-bond donors (Lipinski definition) is 1. The first-order chi connectivity index (χ1) is 11.1. The Bertz CT molecular complexity index is 884. The summed E-state index contributed by atoms with van der Waals surface area (Å²) in [6, 6.07) is 9.64. The van der Waals surface area contributed by atoms with E-state index in [-0.39, 0.29) is 11.3 Å². The van der Waals surface area contributed by atoms with E-state index in [0.29, 0.717) is 5.13 Å². The number of benzene rings is 1. The molecule has 0 spiro atoms. The quantitative estimate of drug-likeness (QED) is 0.587. The standard InChI is InChI=1S/C15H12N4O3S/c1-18-8-4-7-13(18)11-9-23-15(16-11)17-14(20)10-5-2-3-6-12(10)19(21)22/h2-9H,1H3,(H,16,17,20). The molecule has 1 N–H and O–H groups in total. The first-order valence-electron chi connectivity index (χ1n) is 6.68. The molecule has 0 aliphatic heterocycles. The number of aromatic nitrogens is 2. The zero-order chi connectivity index (χ0) is 16.4. The fourth-order valence-corrected chi connectivity index (χ4v) is 2.86. The van der Waals surface area contributed by atoms with Crippen molar-refractivity contribution in [2.24, 2.45) is 7.05 Å². The topological polar surface area (TPSA) is 90.1 Å². The highest BCUT2D eigenvalue weighted by molar-refractivity contribution is 7.14. The van der Waals surface area contributed by atoms with Gasteiger partial charge in [-0.1, -0.05) is 12.1 Å². The van der Waals surface area contributed by atoms with Gasteiger partial charge in [0.05, 0.1) is 16.3 Å². The highest BCUT2D eigenvalue weighted by Crippen LogP contribution is 2.26. The summed E-state index contributed by atoms with van der Waals surface area (Å²) < 4.78 is 1.92. The summed E-state index contributed by atoms with van der Waals surface area (Å²) >= 11 is 1.27. The van der Waals surface area contributed by atoms with Crippen LogP contribution in [0.5, 0.6) is 0 Å². The summed E-state index contributed by atoms with van der Waals surface area (Å²) in [6.07, 6.45) is 1.90. The van der Waals surface area contributed by atoms with Gasteiger partial charge >= 0.3 is 0 Å². The molecule has 1 amide bonds. The molecule has 23 heavy (non-hydrogen) atoms. The normalized spacial score (nSPS) is 10.5. The van der Waals surface area contributed by atoms with E-state index in [0.717, 1.165) is 11.4 Å². The lowest BCUT2D eigenvalue weighted by atomic mass is 10.1. The van der Waals surface area contributed by atoms with E-state index in [1.54, 1.807) is 6.07 Å². The van der Waals surface area contributed by atoms with Crippen LogP contribution in [0.3, 0.4) is 0 Å². The minimum atomic E-state index is -0.577. The summed E-state index contributed by atoms with van der Waals surface area (Å²) in [5.41, 5.74) is 1.44. The molecule has 2 heterocycles. The first-order valence-corrected chi connectivity index (χ1v) is 7.56. The number of carbonyl (C=O) groups excluding carboxylic acids is 1. The predicted octanol–water partition coefficient (Wildman–Crippen LogP) is 3.31. The molecule has 116 valence electrons. The molecule has 0 fully saturated rings. The molecule has 1 aromatic carbocycles. The molecule has 3 aromatic rings. The molecule has 2 aromatic heterocycles. The molecule has 0 aliphatic rings. The van der Waals surface area contributed by atoms with E-state index in [2.05, 4.69) is 10.3 Å². The largest absolute Gasteiger partial charge is 0.349 e. The molecule has 0 unspecified atom stereocenters. The Hall–Kier alpha value is -3.00. The van der Waals surface area contributed by atoms with Gasteiger partial charge in [-0.25, -0.2) is 4.98 Å². The predicted molar refractivity (Wildman–Crippen MR) is 87.6 cm³/mol. The molecule has 0 saturated carbocycles. The van der Waals surface area contributed by atoms with Gasteiger partial charge in [0.25, 0.3) is 11.6 Å². The van der Waals surface area contributed by atoms with Crippen molar-refractivity contribution in [2.45, 2.75) is 0 Å². The minimum Gasteiger partial charge on any atom is -0.349 e. The van der Waals surface area contributed by atoms with E-state index in [4.69, 9.17) is 0 Å². The van der Waals surface area contributed by atoms with Crippen LogP contribution in [0.15, 0.2) is 48.0 Å². The minimum absolute atomic E-state index is 0.00752. The molecule has 3 rings (SSSR count). The first kappa shape index (κ1) is 14.9. The molecule has 0 radical (unpaired) electrons. The summed E-state index contributed by atoms with van der Waals surface area (Å²) in [7, 11) is 1.90. The summed E-state index contributed by atoms with van der Waals surface area (Å²) in [5.74, 6) is -0.551. The highest BCUT2D eigenvalue weighted by Gasteiger charge is 2.20. The van der Waals surface area contributed by atoms with E-state index >= 15 is 0 Å². The number of thiazole rings is 1. The number of nitro benzene ring substituents is 1. The van der Waals surface area contributed by atoms with Crippen LogP contribution in [-0.4, -0.2) is 20.4 Å². The van der Waals surface area contributed by atoms with Gasteiger partial charge in [-0.3, -0.25) is 20.2 Å². The third-order valence-electron chi connectivity index (χ3n) is 3.28. The van der Waals surface area contributed by atoms with Crippen molar-refractivity contribution >= 4 is 28.1 Å². The summed E-state index contributed by atoms with van der Waals surface area (Å²) in [6.45, 7) is 0. The van der Waals surface area contributed by atoms with E-state index in [1.165, 1.54) is 29.5 Å². The van der Waals surface area contributed by atoms with Crippen LogP contribution in [0.25, 0.3) is 11.4 Å². The Morgan fingerprint density at radius 2 is 2.09 bits per heavy atom. The van der Waals surface area contributed by atoms with E-state index in [1.807, 2.05) is 35.3 Å². The molecular formula is C15H12N4O3S. The number of nitro groups is 1. The van der Waals surface area contributed by atoms with Crippen LogP contribution in [-0.2, 0) is 7.05 Å². The number of aryl methyl sites for hydroxylation is 1. The average molecular weight is 328 g/mol. The zero-order valence-corrected chi connectivity index (χ0v) is 12.9. The molecule has 7 nitrogen and oxygen atoms in total. The second-order valence-electron chi connectivity index (χ2n) is 4.77. The SMILES string of the molecule is Cn1cccc1-c1csc(NC(=O)c2ccccc2[N+](=O)[O-])n1. The number of nitrogens with one attached hydrogen (secondary N) is 1. The van der Waals surface area contributed by atoms with Crippen LogP contribution in [0.4, 0.5) is 10.8 Å². The summed E-state index contributed by atoms with van der Waals surface area (Å²) in [5, 5.41) is 15.8. The van der Waals surface area contributed by atoms with Crippen molar-refractivity contribution in [3.8, 4) is 11.4 Å². The second kappa shape index (κ2) is 6.01. The number of carbonyl (C=O) groups is 1. The van der Waals surface area contributed by atoms with Crippen molar-refractivity contribution < 1.29 is 9.72 Å². The number of amides is 1. The fraction of sp³-hybridized carbons (Fsp3) is 0.0667. The fourth-order valence-electron chi connectivity index (χ4n) is 2.17. The van der Waals surface area contributed by atoms with Crippen molar-refractivity contribution in [3.05, 3.63) is 63.7 Å². The third-order valence-corrected chi connectivity index (χ3v) is 4.03. The number of nitrogens with zero attached hydrogens (tertiary/aromatic N) is 3. The number of hydrogen-bond acceptors (Lipinski definition) is 5. The lowest BCUT2D eigenvalue weighted by molar-refractivity contribution is -0.385. The van der Waals surface area contributed by atoms with Gasteiger partial charge in [-0.15, -0.1) is 11.3 Å². The zero-order valence-electron chi connectivity index (χ0n) is 12.1. The van der Waals surface area contributed by atoms with Gasteiger partial charge in [0, 0.05) is 24.7 Å². The lowest BCUT2D eigenvalue weighted by Gasteiger charge is -2.02. The summed E-state index contributed by atoms with van der Waals surface area (Å²) in [4.78, 5) is 27.0. The van der Waals surface area contributed by atoms with Gasteiger partial charge < -0.3 is 4.57 Å². The van der Waals surface area contributed by atoms with Crippen LogP contribution >= 0.6 is 11.3 Å². The maximum absolute atomic E-state index is 12.2. The molecule has 0 saturated heterocycles. The Labute approximate surface area is 135 Å². The van der Waals surface area contributed by atoms with Crippen LogP contribution in [0.2, 0.25) is 0 Å². The number of rotatable bonds is 4. The Balaban J connectivity index is 1.83. The molecule has 0 atom stereocenters. The van der Waals surface area contributed by atoms with E-state index in [9.17, 15) is 14.9 Å². The van der Waals surface area contributed by atoms with Gasteiger partial charge in [0.1, 0.15) is 5.56 Å². The maximum Gasteiger partial charge on any atom is 0.282 e. The van der Waals surface area contributed by atoms with Gasteiger partial charge in [0.2, 0.25) is 0 Å².